The summed E-state index contributed by atoms with van der Waals surface area (Å²) < 4.78 is 11.1. The average Bonchev–Trinajstić information content (AvgIpc) is 2.63. The molecule has 2 nitrogen and oxygen atoms in total. The van der Waals surface area contributed by atoms with E-state index in [2.05, 4.69) is 26.1 Å². The second kappa shape index (κ2) is 10.5. The molecule has 0 spiro atoms. The van der Waals surface area contributed by atoms with Crippen molar-refractivity contribution in [2.45, 2.75) is 41.5 Å². The molecule has 0 fully saturated rings. The molecule has 0 aliphatic heterocycles. The lowest BCUT2D eigenvalue weighted by atomic mass is 9.92. The molecule has 0 saturated carbocycles. The number of aryl methyl sites for hydroxylation is 2. The Balaban J connectivity index is 0.00000123. The number of methoxy groups -OCH3 is 2. The number of fused-ring (bicyclic) bond motifs is 1. The van der Waals surface area contributed by atoms with Crippen LogP contribution in [0.4, 0.5) is 0 Å². The van der Waals surface area contributed by atoms with Crippen molar-refractivity contribution < 1.29 is 9.47 Å². The fraction of sp³-hybridized carbons (Fsp3) is 0.364. The van der Waals surface area contributed by atoms with Crippen molar-refractivity contribution in [2.75, 3.05) is 14.2 Å². The van der Waals surface area contributed by atoms with Crippen LogP contribution in [-0.2, 0) is 0 Å². The Hall–Kier alpha value is -2.22. The molecule has 0 unspecified atom stereocenters. The van der Waals surface area contributed by atoms with Crippen LogP contribution in [0.3, 0.4) is 0 Å². The van der Waals surface area contributed by atoms with Gasteiger partial charge in [-0.05, 0) is 48.2 Å². The summed E-state index contributed by atoms with van der Waals surface area (Å²) in [6.07, 6.45) is 3.70. The summed E-state index contributed by atoms with van der Waals surface area (Å²) in [6.45, 7) is 19.9. The molecule has 132 valence electrons. The zero-order valence-corrected chi connectivity index (χ0v) is 16.5. The van der Waals surface area contributed by atoms with E-state index in [-0.39, 0.29) is 0 Å². The van der Waals surface area contributed by atoms with E-state index in [9.17, 15) is 0 Å². The lowest BCUT2D eigenvalue weighted by molar-refractivity contribution is 0.408. The second-order valence-corrected chi connectivity index (χ2v) is 4.76. The normalized spacial score (nSPS) is 9.17. The molecule has 0 N–H and O–H groups in total. The molecular weight excluding hydrogens is 296 g/mol. The Morgan fingerprint density at radius 1 is 0.875 bits per heavy atom. The van der Waals surface area contributed by atoms with E-state index in [4.69, 9.17) is 9.47 Å². The maximum absolute atomic E-state index is 5.57. The maximum Gasteiger partial charge on any atom is 0.129 e. The largest absolute Gasteiger partial charge is 0.496 e. The van der Waals surface area contributed by atoms with Crippen LogP contribution in [0.15, 0.2) is 25.3 Å². The Morgan fingerprint density at radius 2 is 1.46 bits per heavy atom. The SMILES string of the molecule is C=Cc1cc2c(OC)c(C)cc(OC)c2c(C)c1C=C.CC.CC. The van der Waals surface area contributed by atoms with Crippen LogP contribution < -0.4 is 9.47 Å². The molecule has 2 aromatic rings. The molecule has 2 aromatic carbocycles. The minimum atomic E-state index is 0.856. The first-order valence-corrected chi connectivity index (χ1v) is 8.52. The number of hydrogen-bond acceptors (Lipinski definition) is 2. The first kappa shape index (κ1) is 21.8. The van der Waals surface area contributed by atoms with Crippen LogP contribution in [0.5, 0.6) is 11.5 Å². The fourth-order valence-corrected chi connectivity index (χ4v) is 2.77. The topological polar surface area (TPSA) is 18.5 Å². The highest BCUT2D eigenvalue weighted by Crippen LogP contribution is 2.40. The highest BCUT2D eigenvalue weighted by atomic mass is 16.5. The molecule has 0 saturated heterocycles. The highest BCUT2D eigenvalue weighted by Gasteiger charge is 2.16. The quantitative estimate of drug-likeness (QED) is 0.613. The van der Waals surface area contributed by atoms with Crippen molar-refractivity contribution in [3.05, 3.63) is 47.5 Å². The molecule has 2 rings (SSSR count). The predicted octanol–water partition coefficient (Wildman–Crippen LogP) is 6.81. The summed E-state index contributed by atoms with van der Waals surface area (Å²) in [7, 11) is 3.38. The summed E-state index contributed by atoms with van der Waals surface area (Å²) in [6, 6.07) is 4.09. The zero-order chi connectivity index (χ0) is 18.9. The lowest BCUT2D eigenvalue weighted by Gasteiger charge is -2.17. The van der Waals surface area contributed by atoms with Gasteiger partial charge in [0.05, 0.1) is 14.2 Å². The number of rotatable bonds is 4. The zero-order valence-electron chi connectivity index (χ0n) is 16.5. The van der Waals surface area contributed by atoms with Crippen molar-refractivity contribution in [3.63, 3.8) is 0 Å². The molecule has 0 amide bonds. The van der Waals surface area contributed by atoms with Gasteiger partial charge in [0.25, 0.3) is 0 Å². The van der Waals surface area contributed by atoms with Crippen LogP contribution in [0.2, 0.25) is 0 Å². The summed E-state index contributed by atoms with van der Waals surface area (Å²) in [5.41, 5.74) is 4.31. The molecule has 2 heteroatoms. The number of hydrogen-bond donors (Lipinski definition) is 0. The van der Waals surface area contributed by atoms with Gasteiger partial charge >= 0.3 is 0 Å². The number of ether oxygens (including phenoxy) is 2. The second-order valence-electron chi connectivity index (χ2n) is 4.76. The minimum absolute atomic E-state index is 0.856. The molecule has 0 aliphatic rings. The van der Waals surface area contributed by atoms with Crippen molar-refractivity contribution >= 4 is 22.9 Å². The van der Waals surface area contributed by atoms with E-state index in [0.29, 0.717) is 0 Å². The monoisotopic (exact) mass is 328 g/mol. The third kappa shape index (κ3) is 4.00. The minimum Gasteiger partial charge on any atom is -0.496 e. The molecular formula is C22H32O2. The highest BCUT2D eigenvalue weighted by molar-refractivity contribution is 6.00. The van der Waals surface area contributed by atoms with E-state index in [1.165, 1.54) is 0 Å². The van der Waals surface area contributed by atoms with E-state index >= 15 is 0 Å². The average molecular weight is 328 g/mol. The van der Waals surface area contributed by atoms with Crippen molar-refractivity contribution in [1.29, 1.82) is 0 Å². The van der Waals surface area contributed by atoms with E-state index < -0.39 is 0 Å². The third-order valence-corrected chi connectivity index (χ3v) is 3.70. The summed E-state index contributed by atoms with van der Waals surface area (Å²) >= 11 is 0. The maximum atomic E-state index is 5.57. The molecule has 0 heterocycles. The number of benzene rings is 2. The molecule has 0 radical (unpaired) electrons. The van der Waals surface area contributed by atoms with Crippen LogP contribution in [0.1, 0.15) is 49.9 Å². The van der Waals surface area contributed by atoms with Crippen LogP contribution in [0.25, 0.3) is 22.9 Å². The lowest BCUT2D eigenvalue weighted by Crippen LogP contribution is -1.97. The van der Waals surface area contributed by atoms with Gasteiger partial charge in [-0.1, -0.05) is 53.0 Å². The van der Waals surface area contributed by atoms with Gasteiger partial charge in [0, 0.05) is 10.8 Å². The Morgan fingerprint density at radius 3 is 1.88 bits per heavy atom. The van der Waals surface area contributed by atoms with E-state index in [0.717, 1.165) is 44.5 Å². The van der Waals surface area contributed by atoms with E-state index in [1.807, 2.05) is 52.8 Å². The van der Waals surface area contributed by atoms with Crippen LogP contribution >= 0.6 is 0 Å². The van der Waals surface area contributed by atoms with Crippen molar-refractivity contribution in [2.24, 2.45) is 0 Å². The first-order chi connectivity index (χ1) is 11.6. The standard InChI is InChI=1S/C18H20O2.2C2H6/c1-7-13-10-15-17(12(4)14(13)8-2)16(19-5)9-11(3)18(15)20-6;2*1-2/h7-10H,1-2H2,3-6H3;2*1-2H3. The fourth-order valence-electron chi connectivity index (χ4n) is 2.77. The molecule has 24 heavy (non-hydrogen) atoms. The molecule has 0 aromatic heterocycles. The van der Waals surface area contributed by atoms with Gasteiger partial charge in [0.2, 0.25) is 0 Å². The predicted molar refractivity (Wildman–Crippen MR) is 109 cm³/mol. The van der Waals surface area contributed by atoms with Crippen molar-refractivity contribution in [3.8, 4) is 11.5 Å². The third-order valence-electron chi connectivity index (χ3n) is 3.70. The molecule has 0 bridgehead atoms. The molecule has 0 atom stereocenters. The Kier molecular flexibility index (Phi) is 9.56. The van der Waals surface area contributed by atoms with Gasteiger partial charge in [0.15, 0.2) is 0 Å². The van der Waals surface area contributed by atoms with Gasteiger partial charge < -0.3 is 9.47 Å². The summed E-state index contributed by atoms with van der Waals surface area (Å²) in [5, 5.41) is 2.11. The van der Waals surface area contributed by atoms with Gasteiger partial charge in [-0.2, -0.15) is 0 Å². The molecule has 0 aliphatic carbocycles. The first-order valence-electron chi connectivity index (χ1n) is 8.52. The van der Waals surface area contributed by atoms with Crippen LogP contribution in [0, 0.1) is 13.8 Å². The van der Waals surface area contributed by atoms with Gasteiger partial charge in [-0.15, -0.1) is 0 Å². The Labute approximate surface area is 147 Å². The van der Waals surface area contributed by atoms with Gasteiger partial charge in [-0.25, -0.2) is 0 Å². The van der Waals surface area contributed by atoms with Crippen LogP contribution in [-0.4, -0.2) is 14.2 Å². The van der Waals surface area contributed by atoms with Gasteiger partial charge in [-0.3, -0.25) is 0 Å². The Bertz CT molecular complexity index is 697. The smallest absolute Gasteiger partial charge is 0.129 e. The summed E-state index contributed by atoms with van der Waals surface area (Å²) in [5.74, 6) is 1.73. The van der Waals surface area contributed by atoms with Gasteiger partial charge in [0.1, 0.15) is 11.5 Å². The van der Waals surface area contributed by atoms with E-state index in [1.54, 1.807) is 14.2 Å². The van der Waals surface area contributed by atoms with Crippen molar-refractivity contribution in [1.82, 2.24) is 0 Å². The summed E-state index contributed by atoms with van der Waals surface area (Å²) in [4.78, 5) is 0.